The van der Waals surface area contributed by atoms with Crippen molar-refractivity contribution in [2.75, 3.05) is 20.6 Å². The second-order valence-electron chi connectivity index (χ2n) is 5.47. The molecule has 0 saturated heterocycles. The van der Waals surface area contributed by atoms with Crippen LogP contribution in [0.5, 0.6) is 0 Å². The molecule has 0 radical (unpaired) electrons. The first kappa shape index (κ1) is 16.0. The summed E-state index contributed by atoms with van der Waals surface area (Å²) < 4.78 is 38.4. The molecule has 0 spiro atoms. The maximum atomic E-state index is 12.8. The van der Waals surface area contributed by atoms with E-state index in [0.717, 1.165) is 6.07 Å². The third-order valence-electron chi connectivity index (χ3n) is 3.41. The first-order chi connectivity index (χ1) is 8.64. The van der Waals surface area contributed by atoms with Gasteiger partial charge in [-0.1, -0.05) is 18.2 Å². The van der Waals surface area contributed by atoms with Gasteiger partial charge in [0.2, 0.25) is 0 Å². The number of hydrogen-bond donors (Lipinski definition) is 1. The van der Waals surface area contributed by atoms with Crippen LogP contribution in [0, 0.1) is 0 Å². The summed E-state index contributed by atoms with van der Waals surface area (Å²) in [6.45, 7) is 4.91. The quantitative estimate of drug-likeness (QED) is 0.887. The molecule has 1 aromatic rings. The van der Waals surface area contributed by atoms with Gasteiger partial charge in [-0.2, -0.15) is 13.2 Å². The van der Waals surface area contributed by atoms with Crippen LogP contribution in [0.3, 0.4) is 0 Å². The van der Waals surface area contributed by atoms with E-state index in [2.05, 4.69) is 5.32 Å². The number of hydrogen-bond acceptors (Lipinski definition) is 2. The van der Waals surface area contributed by atoms with Gasteiger partial charge in [-0.05, 0) is 39.6 Å². The minimum Gasteiger partial charge on any atom is -0.311 e. The summed E-state index contributed by atoms with van der Waals surface area (Å²) in [5, 5.41) is 3.09. The van der Waals surface area contributed by atoms with E-state index in [0.29, 0.717) is 6.54 Å². The zero-order valence-electron chi connectivity index (χ0n) is 11.8. The third-order valence-corrected chi connectivity index (χ3v) is 3.41. The Kier molecular flexibility index (Phi) is 4.98. The monoisotopic (exact) mass is 274 g/mol. The van der Waals surface area contributed by atoms with E-state index in [1.165, 1.54) is 12.1 Å². The van der Waals surface area contributed by atoms with E-state index < -0.39 is 11.7 Å². The van der Waals surface area contributed by atoms with Gasteiger partial charge < -0.3 is 10.2 Å². The van der Waals surface area contributed by atoms with Gasteiger partial charge in [0, 0.05) is 18.6 Å². The number of nitrogens with zero attached hydrogens (tertiary/aromatic N) is 1. The van der Waals surface area contributed by atoms with E-state index in [-0.39, 0.29) is 17.6 Å². The summed E-state index contributed by atoms with van der Waals surface area (Å²) in [6.07, 6.45) is -4.30. The maximum absolute atomic E-state index is 12.8. The molecule has 0 aromatic heterocycles. The summed E-state index contributed by atoms with van der Waals surface area (Å²) >= 11 is 0. The Bertz CT molecular complexity index is 411. The predicted molar refractivity (Wildman–Crippen MR) is 70.9 cm³/mol. The van der Waals surface area contributed by atoms with Crippen molar-refractivity contribution in [3.05, 3.63) is 35.4 Å². The minimum absolute atomic E-state index is 0.104. The van der Waals surface area contributed by atoms with Crippen LogP contribution in [0.25, 0.3) is 0 Å². The lowest BCUT2D eigenvalue weighted by Gasteiger charge is -2.33. The maximum Gasteiger partial charge on any atom is 0.416 e. The molecule has 0 fully saturated rings. The molecule has 0 aliphatic rings. The molecule has 0 unspecified atom stereocenters. The number of benzene rings is 1. The zero-order chi connectivity index (χ0) is 14.7. The summed E-state index contributed by atoms with van der Waals surface area (Å²) in [6, 6.07) is 5.67. The van der Waals surface area contributed by atoms with Gasteiger partial charge in [-0.15, -0.1) is 0 Å². The Balaban J connectivity index is 2.69. The first-order valence-electron chi connectivity index (χ1n) is 6.18. The van der Waals surface area contributed by atoms with Gasteiger partial charge in [0.15, 0.2) is 0 Å². The summed E-state index contributed by atoms with van der Waals surface area (Å²) in [5.74, 6) is 0. The van der Waals surface area contributed by atoms with Crippen molar-refractivity contribution in [2.24, 2.45) is 0 Å². The SMILES string of the molecule is CN(C)C(C)(C)CNCc1ccccc1C(F)(F)F. The fraction of sp³-hybridized carbons (Fsp3) is 0.571. The van der Waals surface area contributed by atoms with Crippen molar-refractivity contribution in [3.63, 3.8) is 0 Å². The summed E-state index contributed by atoms with van der Waals surface area (Å²) in [7, 11) is 3.90. The first-order valence-corrected chi connectivity index (χ1v) is 6.18. The molecule has 2 nitrogen and oxygen atoms in total. The molecule has 1 rings (SSSR count). The molecule has 0 atom stereocenters. The van der Waals surface area contributed by atoms with Gasteiger partial charge in [0.25, 0.3) is 0 Å². The predicted octanol–water partition coefficient (Wildman–Crippen LogP) is 3.14. The van der Waals surface area contributed by atoms with Crippen LogP contribution in [0.4, 0.5) is 13.2 Å². The number of nitrogens with one attached hydrogen (secondary N) is 1. The molecule has 0 saturated carbocycles. The van der Waals surface area contributed by atoms with Crippen molar-refractivity contribution in [3.8, 4) is 0 Å². The lowest BCUT2D eigenvalue weighted by Crippen LogP contribution is -2.46. The van der Waals surface area contributed by atoms with Crippen LogP contribution < -0.4 is 5.32 Å². The van der Waals surface area contributed by atoms with Gasteiger partial charge >= 0.3 is 6.18 Å². The van der Waals surface area contributed by atoms with Gasteiger partial charge in [-0.25, -0.2) is 0 Å². The van der Waals surface area contributed by atoms with E-state index in [1.54, 1.807) is 6.07 Å². The lowest BCUT2D eigenvalue weighted by atomic mass is 10.0. The van der Waals surface area contributed by atoms with Gasteiger partial charge in [0.1, 0.15) is 0 Å². The van der Waals surface area contributed by atoms with Gasteiger partial charge in [0.05, 0.1) is 5.56 Å². The van der Waals surface area contributed by atoms with E-state index in [4.69, 9.17) is 0 Å². The van der Waals surface area contributed by atoms with Crippen LogP contribution in [0.2, 0.25) is 0 Å². The fourth-order valence-corrected chi connectivity index (χ4v) is 1.61. The van der Waals surface area contributed by atoms with E-state index >= 15 is 0 Å². The molecule has 108 valence electrons. The highest BCUT2D eigenvalue weighted by molar-refractivity contribution is 5.29. The Morgan fingerprint density at radius 1 is 1.11 bits per heavy atom. The topological polar surface area (TPSA) is 15.3 Å². The Morgan fingerprint density at radius 3 is 2.21 bits per heavy atom. The average molecular weight is 274 g/mol. The van der Waals surface area contributed by atoms with Crippen LogP contribution >= 0.6 is 0 Å². The molecule has 0 aliphatic carbocycles. The van der Waals surface area contributed by atoms with Crippen molar-refractivity contribution < 1.29 is 13.2 Å². The molecule has 5 heteroatoms. The molecular formula is C14H21F3N2. The highest BCUT2D eigenvalue weighted by Crippen LogP contribution is 2.31. The molecule has 0 aliphatic heterocycles. The Morgan fingerprint density at radius 2 is 1.68 bits per heavy atom. The normalized spacial score (nSPS) is 13.1. The minimum atomic E-state index is -4.30. The zero-order valence-corrected chi connectivity index (χ0v) is 11.8. The molecule has 0 amide bonds. The molecule has 19 heavy (non-hydrogen) atoms. The second-order valence-corrected chi connectivity index (χ2v) is 5.47. The van der Waals surface area contributed by atoms with Crippen LogP contribution in [0.1, 0.15) is 25.0 Å². The highest BCUT2D eigenvalue weighted by Gasteiger charge is 2.32. The van der Waals surface area contributed by atoms with E-state index in [9.17, 15) is 13.2 Å². The summed E-state index contributed by atoms with van der Waals surface area (Å²) in [5.41, 5.74) is -0.387. The van der Waals surface area contributed by atoms with Gasteiger partial charge in [-0.3, -0.25) is 0 Å². The van der Waals surface area contributed by atoms with Crippen molar-refractivity contribution in [2.45, 2.75) is 32.1 Å². The fourth-order valence-electron chi connectivity index (χ4n) is 1.61. The average Bonchev–Trinajstić information content (AvgIpc) is 2.27. The van der Waals surface area contributed by atoms with Crippen LogP contribution in [0.15, 0.2) is 24.3 Å². The number of halogens is 3. The summed E-state index contributed by atoms with van der Waals surface area (Å²) in [4.78, 5) is 2.04. The largest absolute Gasteiger partial charge is 0.416 e. The molecule has 1 aromatic carbocycles. The molecular weight excluding hydrogens is 253 g/mol. The molecule has 0 heterocycles. The Labute approximate surface area is 112 Å². The van der Waals surface area contributed by atoms with Crippen LogP contribution in [-0.4, -0.2) is 31.1 Å². The number of likely N-dealkylation sites (N-methyl/N-ethyl adjacent to an activating group) is 1. The number of rotatable bonds is 5. The smallest absolute Gasteiger partial charge is 0.311 e. The Hall–Kier alpha value is -1.07. The number of alkyl halides is 3. The third kappa shape index (κ3) is 4.51. The second kappa shape index (κ2) is 5.92. The van der Waals surface area contributed by atoms with E-state index in [1.807, 2.05) is 32.8 Å². The van der Waals surface area contributed by atoms with Crippen LogP contribution in [-0.2, 0) is 12.7 Å². The highest BCUT2D eigenvalue weighted by atomic mass is 19.4. The van der Waals surface area contributed by atoms with Crippen molar-refractivity contribution in [1.82, 2.24) is 10.2 Å². The standard InChI is InChI=1S/C14H21F3N2/c1-13(2,19(3)4)10-18-9-11-7-5-6-8-12(11)14(15,16)17/h5-8,18H,9-10H2,1-4H3. The lowest BCUT2D eigenvalue weighted by molar-refractivity contribution is -0.138. The van der Waals surface area contributed by atoms with Crippen molar-refractivity contribution in [1.29, 1.82) is 0 Å². The molecule has 0 bridgehead atoms. The molecule has 1 N–H and O–H groups in total. The van der Waals surface area contributed by atoms with Crippen molar-refractivity contribution >= 4 is 0 Å².